The Morgan fingerprint density at radius 1 is 1.22 bits per heavy atom. The van der Waals surface area contributed by atoms with E-state index in [0.717, 1.165) is 39.1 Å². The molecule has 1 heterocycles. The number of nitrogens with one attached hydrogen (secondary N) is 2. The van der Waals surface area contributed by atoms with Crippen molar-refractivity contribution in [1.82, 2.24) is 20.7 Å². The van der Waals surface area contributed by atoms with Crippen molar-refractivity contribution in [3.63, 3.8) is 0 Å². The molecular weight excluding hydrogens is 228 g/mol. The number of carbonyl (C=O) groups excluding carboxylic acids is 1. The van der Waals surface area contributed by atoms with Gasteiger partial charge in [-0.15, -0.1) is 0 Å². The number of nitrogens with zero attached hydrogens (tertiary/aromatic N) is 2. The first-order valence-corrected chi connectivity index (χ1v) is 7.11. The van der Waals surface area contributed by atoms with Crippen molar-refractivity contribution in [2.24, 2.45) is 0 Å². The van der Waals surface area contributed by atoms with E-state index in [4.69, 9.17) is 0 Å². The van der Waals surface area contributed by atoms with Gasteiger partial charge in [0.15, 0.2) is 0 Å². The lowest BCUT2D eigenvalue weighted by Crippen LogP contribution is -2.56. The number of hydrogen-bond donors (Lipinski definition) is 2. The summed E-state index contributed by atoms with van der Waals surface area (Å²) in [7, 11) is 2.13. The van der Waals surface area contributed by atoms with Gasteiger partial charge in [-0.3, -0.25) is 4.79 Å². The van der Waals surface area contributed by atoms with E-state index in [2.05, 4.69) is 34.6 Å². The third kappa shape index (κ3) is 5.80. The lowest BCUT2D eigenvalue weighted by atomic mass is 10.2. The van der Waals surface area contributed by atoms with Crippen LogP contribution in [0.25, 0.3) is 0 Å². The Labute approximate surface area is 111 Å². The summed E-state index contributed by atoms with van der Waals surface area (Å²) in [6.07, 6.45) is 3.44. The van der Waals surface area contributed by atoms with Crippen molar-refractivity contribution >= 4 is 5.91 Å². The van der Waals surface area contributed by atoms with Gasteiger partial charge in [0, 0.05) is 32.7 Å². The predicted molar refractivity (Wildman–Crippen MR) is 74.2 cm³/mol. The molecule has 0 aromatic rings. The van der Waals surface area contributed by atoms with Crippen LogP contribution in [0.3, 0.4) is 0 Å². The number of piperazine rings is 1. The number of carbonyl (C=O) groups is 1. The molecule has 1 amide bonds. The van der Waals surface area contributed by atoms with Crippen LogP contribution in [0.5, 0.6) is 0 Å². The number of amides is 1. The van der Waals surface area contributed by atoms with Gasteiger partial charge in [-0.25, -0.2) is 10.4 Å². The molecule has 1 rings (SSSR count). The van der Waals surface area contributed by atoms with E-state index < -0.39 is 0 Å². The second kappa shape index (κ2) is 8.45. The molecule has 106 valence electrons. The third-order valence-electron chi connectivity index (χ3n) is 3.35. The van der Waals surface area contributed by atoms with E-state index in [0.29, 0.717) is 0 Å². The maximum absolute atomic E-state index is 11.8. The molecule has 0 saturated carbocycles. The Hall–Kier alpha value is -0.650. The second-order valence-electron chi connectivity index (χ2n) is 5.14. The summed E-state index contributed by atoms with van der Waals surface area (Å²) >= 11 is 0. The summed E-state index contributed by atoms with van der Waals surface area (Å²) in [4.78, 5) is 14.1. The molecular formula is C13H28N4O. The van der Waals surface area contributed by atoms with Gasteiger partial charge in [0.25, 0.3) is 0 Å². The SMILES string of the molecule is CCCCCNC(=O)C(C)NN1CCN(C)CC1. The van der Waals surface area contributed by atoms with Gasteiger partial charge in [-0.2, -0.15) is 0 Å². The van der Waals surface area contributed by atoms with Crippen molar-refractivity contribution in [2.45, 2.75) is 39.2 Å². The first kappa shape index (κ1) is 15.4. The van der Waals surface area contributed by atoms with Crippen LogP contribution in [-0.2, 0) is 4.79 Å². The smallest absolute Gasteiger partial charge is 0.238 e. The van der Waals surface area contributed by atoms with Gasteiger partial charge in [-0.05, 0) is 20.4 Å². The van der Waals surface area contributed by atoms with Crippen molar-refractivity contribution in [2.75, 3.05) is 39.8 Å². The lowest BCUT2D eigenvalue weighted by Gasteiger charge is -2.34. The molecule has 0 bridgehead atoms. The van der Waals surface area contributed by atoms with Crippen molar-refractivity contribution in [1.29, 1.82) is 0 Å². The van der Waals surface area contributed by atoms with E-state index in [1.165, 1.54) is 12.8 Å². The molecule has 2 N–H and O–H groups in total. The van der Waals surface area contributed by atoms with E-state index in [-0.39, 0.29) is 11.9 Å². The van der Waals surface area contributed by atoms with Crippen LogP contribution in [0.15, 0.2) is 0 Å². The summed E-state index contributed by atoms with van der Waals surface area (Å²) in [6.45, 7) is 8.94. The molecule has 1 unspecified atom stereocenters. The Bertz CT molecular complexity index is 239. The van der Waals surface area contributed by atoms with Crippen LogP contribution in [-0.4, -0.2) is 61.6 Å². The normalized spacial score (nSPS) is 19.7. The average Bonchev–Trinajstić information content (AvgIpc) is 2.37. The lowest BCUT2D eigenvalue weighted by molar-refractivity contribution is -0.124. The molecule has 5 nitrogen and oxygen atoms in total. The topological polar surface area (TPSA) is 47.6 Å². The molecule has 0 spiro atoms. The van der Waals surface area contributed by atoms with E-state index in [9.17, 15) is 4.79 Å². The highest BCUT2D eigenvalue weighted by atomic mass is 16.2. The van der Waals surface area contributed by atoms with Crippen LogP contribution < -0.4 is 10.7 Å². The second-order valence-corrected chi connectivity index (χ2v) is 5.14. The number of hydrazine groups is 1. The molecule has 0 radical (unpaired) electrons. The minimum absolute atomic E-state index is 0.102. The molecule has 0 aromatic carbocycles. The first-order chi connectivity index (χ1) is 8.63. The number of hydrogen-bond acceptors (Lipinski definition) is 4. The fourth-order valence-corrected chi connectivity index (χ4v) is 2.01. The molecule has 1 aliphatic rings. The van der Waals surface area contributed by atoms with Gasteiger partial charge in [0.2, 0.25) is 5.91 Å². The maximum atomic E-state index is 11.8. The van der Waals surface area contributed by atoms with Crippen molar-refractivity contribution in [3.8, 4) is 0 Å². The standard InChI is InChI=1S/C13H28N4O/c1-4-5-6-7-14-13(18)12(2)15-17-10-8-16(3)9-11-17/h12,15H,4-11H2,1-3H3,(H,14,18). The van der Waals surface area contributed by atoms with Crippen LogP contribution in [0.4, 0.5) is 0 Å². The molecule has 18 heavy (non-hydrogen) atoms. The number of likely N-dealkylation sites (N-methyl/N-ethyl adjacent to an activating group) is 1. The summed E-state index contributed by atoms with van der Waals surface area (Å²) < 4.78 is 0. The van der Waals surface area contributed by atoms with Gasteiger partial charge in [0.1, 0.15) is 0 Å². The van der Waals surface area contributed by atoms with Crippen molar-refractivity contribution in [3.05, 3.63) is 0 Å². The van der Waals surface area contributed by atoms with Gasteiger partial charge >= 0.3 is 0 Å². The molecule has 0 aromatic heterocycles. The minimum atomic E-state index is -0.143. The summed E-state index contributed by atoms with van der Waals surface area (Å²) in [5.74, 6) is 0.102. The maximum Gasteiger partial charge on any atom is 0.238 e. The molecule has 1 atom stereocenters. The van der Waals surface area contributed by atoms with E-state index in [1.54, 1.807) is 0 Å². The third-order valence-corrected chi connectivity index (χ3v) is 3.35. The Kier molecular flexibility index (Phi) is 7.23. The van der Waals surface area contributed by atoms with E-state index >= 15 is 0 Å². The first-order valence-electron chi connectivity index (χ1n) is 7.11. The summed E-state index contributed by atoms with van der Waals surface area (Å²) in [6, 6.07) is -0.143. The van der Waals surface area contributed by atoms with E-state index in [1.807, 2.05) is 6.92 Å². The molecule has 1 aliphatic heterocycles. The highest BCUT2D eigenvalue weighted by Gasteiger charge is 2.18. The average molecular weight is 256 g/mol. The Morgan fingerprint density at radius 3 is 2.50 bits per heavy atom. The molecule has 1 fully saturated rings. The van der Waals surface area contributed by atoms with Crippen molar-refractivity contribution < 1.29 is 4.79 Å². The quantitative estimate of drug-likeness (QED) is 0.649. The van der Waals surface area contributed by atoms with Crippen LogP contribution >= 0.6 is 0 Å². The molecule has 0 aliphatic carbocycles. The monoisotopic (exact) mass is 256 g/mol. The van der Waals surface area contributed by atoms with Crippen LogP contribution in [0, 0.1) is 0 Å². The fraction of sp³-hybridized carbons (Fsp3) is 0.923. The van der Waals surface area contributed by atoms with Crippen LogP contribution in [0.2, 0.25) is 0 Å². The largest absolute Gasteiger partial charge is 0.355 e. The minimum Gasteiger partial charge on any atom is -0.355 e. The molecule has 1 saturated heterocycles. The summed E-state index contributed by atoms with van der Waals surface area (Å²) in [5.41, 5.74) is 3.27. The van der Waals surface area contributed by atoms with Crippen LogP contribution in [0.1, 0.15) is 33.1 Å². The zero-order chi connectivity index (χ0) is 13.4. The zero-order valence-corrected chi connectivity index (χ0v) is 12.0. The summed E-state index contributed by atoms with van der Waals surface area (Å²) in [5, 5.41) is 5.13. The number of rotatable bonds is 7. The Morgan fingerprint density at radius 2 is 1.89 bits per heavy atom. The Balaban J connectivity index is 2.14. The zero-order valence-electron chi connectivity index (χ0n) is 12.0. The highest BCUT2D eigenvalue weighted by molar-refractivity contribution is 5.81. The molecule has 5 heteroatoms. The van der Waals surface area contributed by atoms with Gasteiger partial charge < -0.3 is 10.2 Å². The number of unbranched alkanes of at least 4 members (excludes halogenated alkanes) is 2. The van der Waals surface area contributed by atoms with Gasteiger partial charge in [0.05, 0.1) is 6.04 Å². The fourth-order valence-electron chi connectivity index (χ4n) is 2.01. The van der Waals surface area contributed by atoms with Gasteiger partial charge in [-0.1, -0.05) is 19.8 Å². The highest BCUT2D eigenvalue weighted by Crippen LogP contribution is 1.97. The predicted octanol–water partition coefficient (Wildman–Crippen LogP) is 0.433.